The Kier molecular flexibility index (Phi) is 12.5. The van der Waals surface area contributed by atoms with Gasteiger partial charge in [0, 0.05) is 24.7 Å². The number of rotatable bonds is 16. The largest absolute Gasteiger partial charge is 0.497 e. The number of sulfonamides is 1. The van der Waals surface area contributed by atoms with Crippen molar-refractivity contribution in [1.82, 2.24) is 10.2 Å². The van der Waals surface area contributed by atoms with E-state index in [-0.39, 0.29) is 40.6 Å². The monoisotopic (exact) mass is 641 g/mol. The molecule has 2 amide bonds. The maximum absolute atomic E-state index is 14.4. The topological polar surface area (TPSA) is 124 Å². The number of benzene rings is 3. The molecule has 244 valence electrons. The molecule has 0 unspecified atom stereocenters. The van der Waals surface area contributed by atoms with E-state index in [0.29, 0.717) is 24.3 Å². The van der Waals surface area contributed by atoms with Crippen LogP contribution in [0.15, 0.2) is 71.6 Å². The van der Waals surface area contributed by atoms with Crippen molar-refractivity contribution in [3.8, 4) is 23.0 Å². The van der Waals surface area contributed by atoms with Crippen molar-refractivity contribution in [3.05, 3.63) is 72.3 Å². The molecule has 0 heterocycles. The Balaban J connectivity index is 2.15. The fourth-order valence-electron chi connectivity index (χ4n) is 4.89. The molecule has 3 rings (SSSR count). The lowest BCUT2D eigenvalue weighted by molar-refractivity contribution is -0.139. The van der Waals surface area contributed by atoms with Gasteiger partial charge in [0.1, 0.15) is 24.1 Å². The summed E-state index contributed by atoms with van der Waals surface area (Å²) >= 11 is 0. The molecule has 3 aromatic carbocycles. The van der Waals surface area contributed by atoms with Crippen LogP contribution >= 0.6 is 0 Å². The minimum Gasteiger partial charge on any atom is -0.497 e. The van der Waals surface area contributed by atoms with Crippen molar-refractivity contribution < 1.29 is 37.0 Å². The molecule has 0 aromatic heterocycles. The SMILES string of the molecule is CC[C@H](C(=O)NC(C)C)N(CCc1ccccc1)C(=O)CN(c1cc(OC)ccc1OC)S(=O)(=O)c1ccc(OC)c(OC)c1. The first-order chi connectivity index (χ1) is 21.5. The highest BCUT2D eigenvalue weighted by molar-refractivity contribution is 7.92. The summed E-state index contributed by atoms with van der Waals surface area (Å²) in [5.41, 5.74) is 1.06. The first-order valence-electron chi connectivity index (χ1n) is 14.6. The molecule has 0 radical (unpaired) electrons. The molecule has 0 fully saturated rings. The molecule has 0 aliphatic rings. The van der Waals surface area contributed by atoms with Gasteiger partial charge in [-0.1, -0.05) is 37.3 Å². The summed E-state index contributed by atoms with van der Waals surface area (Å²) < 4.78 is 51.4. The van der Waals surface area contributed by atoms with E-state index in [1.54, 1.807) is 12.1 Å². The highest BCUT2D eigenvalue weighted by atomic mass is 32.2. The summed E-state index contributed by atoms with van der Waals surface area (Å²) in [6.07, 6.45) is 0.785. The lowest BCUT2D eigenvalue weighted by Crippen LogP contribution is -2.54. The van der Waals surface area contributed by atoms with Crippen molar-refractivity contribution in [2.45, 2.75) is 50.6 Å². The third kappa shape index (κ3) is 8.59. The van der Waals surface area contributed by atoms with Gasteiger partial charge in [-0.15, -0.1) is 0 Å². The zero-order valence-electron chi connectivity index (χ0n) is 26.9. The second kappa shape index (κ2) is 16.0. The van der Waals surface area contributed by atoms with E-state index in [0.717, 1.165) is 9.87 Å². The van der Waals surface area contributed by atoms with E-state index in [1.165, 1.54) is 57.6 Å². The third-order valence-corrected chi connectivity index (χ3v) is 8.93. The Bertz CT molecular complexity index is 1550. The average molecular weight is 642 g/mol. The molecule has 1 atom stereocenters. The molecule has 0 spiro atoms. The van der Waals surface area contributed by atoms with Crippen LogP contribution in [0.2, 0.25) is 0 Å². The van der Waals surface area contributed by atoms with Gasteiger partial charge in [-0.3, -0.25) is 13.9 Å². The number of methoxy groups -OCH3 is 4. The van der Waals surface area contributed by atoms with Crippen LogP contribution in [0.3, 0.4) is 0 Å². The number of hydrogen-bond donors (Lipinski definition) is 1. The quantitative estimate of drug-likeness (QED) is 0.246. The summed E-state index contributed by atoms with van der Waals surface area (Å²) in [5.74, 6) is 0.214. The fourth-order valence-corrected chi connectivity index (χ4v) is 6.32. The van der Waals surface area contributed by atoms with Gasteiger partial charge in [0.25, 0.3) is 10.0 Å². The number of carbonyl (C=O) groups excluding carboxylic acids is 2. The van der Waals surface area contributed by atoms with Crippen LogP contribution in [0.1, 0.15) is 32.8 Å². The van der Waals surface area contributed by atoms with E-state index < -0.39 is 28.5 Å². The molecule has 3 aromatic rings. The fraction of sp³-hybridized carbons (Fsp3) is 0.394. The van der Waals surface area contributed by atoms with Gasteiger partial charge in [0.15, 0.2) is 11.5 Å². The van der Waals surface area contributed by atoms with Crippen LogP contribution in [0.25, 0.3) is 0 Å². The number of anilines is 1. The lowest BCUT2D eigenvalue weighted by Gasteiger charge is -2.34. The van der Waals surface area contributed by atoms with Crippen molar-refractivity contribution >= 4 is 27.5 Å². The molecule has 1 N–H and O–H groups in total. The minimum atomic E-state index is -4.42. The number of amides is 2. The van der Waals surface area contributed by atoms with Gasteiger partial charge in [-0.2, -0.15) is 0 Å². The van der Waals surface area contributed by atoms with Crippen molar-refractivity contribution in [2.24, 2.45) is 0 Å². The first kappa shape index (κ1) is 35.0. The van der Waals surface area contributed by atoms with Crippen LogP contribution in [0, 0.1) is 0 Å². The highest BCUT2D eigenvalue weighted by Crippen LogP contribution is 2.37. The molecule has 11 nitrogen and oxygen atoms in total. The van der Waals surface area contributed by atoms with E-state index >= 15 is 0 Å². The van der Waals surface area contributed by atoms with Gasteiger partial charge < -0.3 is 29.2 Å². The molecule has 0 aliphatic carbocycles. The normalized spacial score (nSPS) is 11.8. The molecular weight excluding hydrogens is 598 g/mol. The Morgan fingerprint density at radius 1 is 0.822 bits per heavy atom. The summed E-state index contributed by atoms with van der Waals surface area (Å²) in [5, 5.41) is 2.90. The molecule has 45 heavy (non-hydrogen) atoms. The van der Waals surface area contributed by atoms with E-state index in [9.17, 15) is 18.0 Å². The number of nitrogens with one attached hydrogen (secondary N) is 1. The first-order valence-corrected chi connectivity index (χ1v) is 16.0. The third-order valence-electron chi connectivity index (χ3n) is 7.18. The second-order valence-electron chi connectivity index (χ2n) is 10.5. The van der Waals surface area contributed by atoms with E-state index in [4.69, 9.17) is 18.9 Å². The summed E-state index contributed by atoms with van der Waals surface area (Å²) in [7, 11) is 1.28. The molecule has 0 bridgehead atoms. The van der Waals surface area contributed by atoms with Crippen molar-refractivity contribution in [3.63, 3.8) is 0 Å². The van der Waals surface area contributed by atoms with Crippen LogP contribution in [-0.2, 0) is 26.0 Å². The van der Waals surface area contributed by atoms with Crippen molar-refractivity contribution in [1.29, 1.82) is 0 Å². The predicted molar refractivity (Wildman–Crippen MR) is 173 cm³/mol. The van der Waals surface area contributed by atoms with Crippen LogP contribution < -0.4 is 28.6 Å². The van der Waals surface area contributed by atoms with E-state index in [2.05, 4.69) is 5.32 Å². The van der Waals surface area contributed by atoms with Gasteiger partial charge in [0.05, 0.1) is 39.0 Å². The van der Waals surface area contributed by atoms with Crippen molar-refractivity contribution in [2.75, 3.05) is 45.8 Å². The number of nitrogens with zero attached hydrogens (tertiary/aromatic N) is 2. The van der Waals surface area contributed by atoms with Crippen LogP contribution in [0.4, 0.5) is 5.69 Å². The zero-order valence-corrected chi connectivity index (χ0v) is 27.7. The van der Waals surface area contributed by atoms with Gasteiger partial charge in [0.2, 0.25) is 11.8 Å². The molecule has 0 aliphatic heterocycles. The summed E-state index contributed by atoms with van der Waals surface area (Å²) in [6, 6.07) is 17.4. The number of carbonyl (C=O) groups is 2. The van der Waals surface area contributed by atoms with Crippen LogP contribution in [0.5, 0.6) is 23.0 Å². The second-order valence-corrected chi connectivity index (χ2v) is 12.3. The smallest absolute Gasteiger partial charge is 0.265 e. The lowest BCUT2D eigenvalue weighted by atomic mass is 10.1. The molecule has 0 saturated carbocycles. The minimum absolute atomic E-state index is 0.0858. The maximum atomic E-state index is 14.4. The number of ether oxygens (including phenoxy) is 4. The molecule has 12 heteroatoms. The standard InChI is InChI=1S/C33H43N3O8S/c1-8-27(33(38)34-23(2)3)35(19-18-24-12-10-9-11-13-24)32(37)22-36(28-20-25(41-4)14-16-29(28)42-5)45(39,40)26-15-17-30(43-6)31(21-26)44-7/h9-17,20-21,23,27H,8,18-19,22H2,1-7H3,(H,34,38)/t27-/m1/s1. The Hall–Kier alpha value is -4.45. The Morgan fingerprint density at radius 3 is 2.04 bits per heavy atom. The van der Waals surface area contributed by atoms with E-state index in [1.807, 2.05) is 51.1 Å². The molecule has 0 saturated heterocycles. The summed E-state index contributed by atoms with van der Waals surface area (Å²) in [4.78, 5) is 29.0. The predicted octanol–water partition coefficient (Wildman–Crippen LogP) is 4.29. The number of hydrogen-bond acceptors (Lipinski definition) is 8. The van der Waals surface area contributed by atoms with Crippen LogP contribution in [-0.4, -0.2) is 78.7 Å². The van der Waals surface area contributed by atoms with Gasteiger partial charge >= 0.3 is 0 Å². The summed E-state index contributed by atoms with van der Waals surface area (Å²) in [6.45, 7) is 5.06. The van der Waals surface area contributed by atoms with Gasteiger partial charge in [-0.05, 0) is 56.5 Å². The molecular formula is C33H43N3O8S. The maximum Gasteiger partial charge on any atom is 0.265 e. The Labute approximate surface area is 266 Å². The Morgan fingerprint density at radius 2 is 1.47 bits per heavy atom. The highest BCUT2D eigenvalue weighted by Gasteiger charge is 2.35. The zero-order chi connectivity index (χ0) is 33.1. The van der Waals surface area contributed by atoms with Gasteiger partial charge in [-0.25, -0.2) is 8.42 Å². The average Bonchev–Trinajstić information content (AvgIpc) is 3.04.